The van der Waals surface area contributed by atoms with E-state index in [1.54, 1.807) is 31.2 Å². The van der Waals surface area contributed by atoms with Crippen LogP contribution in [0.3, 0.4) is 0 Å². The highest BCUT2D eigenvalue weighted by Crippen LogP contribution is 2.43. The van der Waals surface area contributed by atoms with Crippen LogP contribution < -0.4 is 4.74 Å². The fourth-order valence-electron chi connectivity index (χ4n) is 5.69. The van der Waals surface area contributed by atoms with Crippen LogP contribution in [0.2, 0.25) is 0 Å². The maximum absolute atomic E-state index is 14.1. The number of carboxylic acids is 1. The Morgan fingerprint density at radius 1 is 0.902 bits per heavy atom. The van der Waals surface area contributed by atoms with Crippen molar-refractivity contribution in [3.05, 3.63) is 118 Å². The number of pyridine rings is 1. The van der Waals surface area contributed by atoms with E-state index in [1.165, 1.54) is 25.3 Å². The number of carbonyl (C=O) groups is 2. The number of aryl methyl sites for hydroxylation is 1. The summed E-state index contributed by atoms with van der Waals surface area (Å²) in [4.78, 5) is 29.6. The molecule has 1 atom stereocenters. The third-order valence-corrected chi connectivity index (χ3v) is 9.42. The summed E-state index contributed by atoms with van der Waals surface area (Å²) in [5.41, 5.74) is -1.41. The van der Waals surface area contributed by atoms with Gasteiger partial charge in [0.05, 0.1) is 35.7 Å². The van der Waals surface area contributed by atoms with E-state index in [4.69, 9.17) is 4.74 Å². The van der Waals surface area contributed by atoms with Crippen molar-refractivity contribution < 1.29 is 54.6 Å². The van der Waals surface area contributed by atoms with E-state index in [9.17, 15) is 49.8 Å². The molecule has 51 heavy (non-hydrogen) atoms. The van der Waals surface area contributed by atoms with Gasteiger partial charge < -0.3 is 14.7 Å². The summed E-state index contributed by atoms with van der Waals surface area (Å²) < 4.78 is 116. The molecule has 268 valence electrons. The molecular weight excluding hydrogens is 708 g/mol. The summed E-state index contributed by atoms with van der Waals surface area (Å²) in [6, 6.07) is 13.3. The van der Waals surface area contributed by atoms with Crippen molar-refractivity contribution in [3.63, 3.8) is 0 Å². The first-order valence-electron chi connectivity index (χ1n) is 15.0. The maximum Gasteiger partial charge on any atom is 0.433 e. The van der Waals surface area contributed by atoms with Crippen molar-refractivity contribution in [2.45, 2.75) is 50.3 Å². The fraction of sp³-hybridized carbons (Fsp3) is 0.250. The number of carbonyl (C=O) groups excluding carboxylic acids is 1. The van der Waals surface area contributed by atoms with Gasteiger partial charge in [-0.25, -0.2) is 18.6 Å². The van der Waals surface area contributed by atoms with Crippen LogP contribution in [0.25, 0.3) is 22.3 Å². The van der Waals surface area contributed by atoms with E-state index < -0.39 is 58.1 Å². The SMILES string of the molecule is C=C1C(Cc2cc(C(C)(F)F)cc(C(F)(F)F)c2)SC(=O)N1Cc1nc(C(F)(F)F)ccc1-c1cc(-c2ccc(C(=O)O)cc2C)ccc1OC. The Bertz CT molecular complexity index is 2010. The van der Waals surface area contributed by atoms with Crippen LogP contribution in [0, 0.1) is 6.92 Å². The first kappa shape index (κ1) is 37.3. The molecule has 0 radical (unpaired) electrons. The Balaban J connectivity index is 1.54. The van der Waals surface area contributed by atoms with Gasteiger partial charge in [-0.1, -0.05) is 36.5 Å². The van der Waals surface area contributed by atoms with Gasteiger partial charge in [-0.3, -0.25) is 4.79 Å². The number of methoxy groups -OCH3 is 1. The molecule has 1 aromatic heterocycles. The molecule has 15 heteroatoms. The molecule has 1 fully saturated rings. The quantitative estimate of drug-likeness (QED) is 0.172. The number of hydrogen-bond donors (Lipinski definition) is 1. The smallest absolute Gasteiger partial charge is 0.433 e. The molecule has 1 unspecified atom stereocenters. The highest BCUT2D eigenvalue weighted by molar-refractivity contribution is 8.14. The zero-order valence-electron chi connectivity index (χ0n) is 27.0. The van der Waals surface area contributed by atoms with Gasteiger partial charge in [0, 0.05) is 29.3 Å². The second-order valence-electron chi connectivity index (χ2n) is 11.9. The Morgan fingerprint density at radius 2 is 1.57 bits per heavy atom. The number of rotatable bonds is 9. The molecule has 4 aromatic rings. The maximum atomic E-state index is 14.1. The Labute approximate surface area is 290 Å². The topological polar surface area (TPSA) is 79.7 Å². The number of hydrogen-bond acceptors (Lipinski definition) is 5. The molecule has 2 heterocycles. The molecular formula is C36H28F8N2O4S. The Kier molecular flexibility index (Phi) is 10.0. The van der Waals surface area contributed by atoms with Crippen LogP contribution >= 0.6 is 11.8 Å². The summed E-state index contributed by atoms with van der Waals surface area (Å²) in [6.07, 6.45) is -10.1. The lowest BCUT2D eigenvalue weighted by atomic mass is 9.93. The zero-order chi connectivity index (χ0) is 37.6. The standard InChI is InChI=1S/C36H28F8N2O4S/c1-18-11-22(32(47)48)5-7-25(18)21-6-9-29(50-4)27(15-21)26-8-10-31(36(42,43)44)45-28(26)17-46-19(2)30(51-33(46)49)14-20-12-23(34(3,37)38)16-24(13-20)35(39,40)41/h5-13,15-16,30H,2,14,17H2,1,3-4H3,(H,47,48). The Hall–Kier alpha value is -4.92. The molecule has 6 nitrogen and oxygen atoms in total. The van der Waals surface area contributed by atoms with E-state index in [0.29, 0.717) is 53.1 Å². The molecule has 1 amide bonds. The van der Waals surface area contributed by atoms with Crippen molar-refractivity contribution in [1.29, 1.82) is 0 Å². The van der Waals surface area contributed by atoms with Crippen LogP contribution in [0.4, 0.5) is 39.9 Å². The minimum absolute atomic E-state index is 0.0345. The molecule has 3 aromatic carbocycles. The predicted molar refractivity (Wildman–Crippen MR) is 175 cm³/mol. The number of amides is 1. The number of alkyl halides is 8. The van der Waals surface area contributed by atoms with Gasteiger partial charge in [0.1, 0.15) is 11.4 Å². The monoisotopic (exact) mass is 736 g/mol. The molecule has 0 bridgehead atoms. The first-order chi connectivity index (χ1) is 23.7. The number of halogens is 8. The molecule has 1 aliphatic heterocycles. The summed E-state index contributed by atoms with van der Waals surface area (Å²) in [5, 5.41) is 7.75. The van der Waals surface area contributed by atoms with Gasteiger partial charge in [-0.15, -0.1) is 0 Å². The number of aromatic carboxylic acids is 1. The summed E-state index contributed by atoms with van der Waals surface area (Å²) in [6.45, 7) is 5.52. The lowest BCUT2D eigenvalue weighted by Crippen LogP contribution is -2.24. The van der Waals surface area contributed by atoms with Gasteiger partial charge in [0.15, 0.2) is 0 Å². The minimum atomic E-state index is -4.93. The first-order valence-corrected chi connectivity index (χ1v) is 15.9. The van der Waals surface area contributed by atoms with Crippen molar-refractivity contribution in [3.8, 4) is 28.0 Å². The average Bonchev–Trinajstić information content (AvgIpc) is 3.30. The lowest BCUT2D eigenvalue weighted by molar-refractivity contribution is -0.141. The molecule has 1 N–H and O–H groups in total. The van der Waals surface area contributed by atoms with Gasteiger partial charge in [-0.2, -0.15) is 26.3 Å². The highest BCUT2D eigenvalue weighted by Gasteiger charge is 2.39. The second-order valence-corrected chi connectivity index (χ2v) is 13.1. The number of benzene rings is 3. The normalized spacial score (nSPS) is 15.4. The molecule has 0 spiro atoms. The van der Waals surface area contributed by atoms with Crippen LogP contribution in [0.5, 0.6) is 5.75 Å². The van der Waals surface area contributed by atoms with Crippen molar-refractivity contribution in [2.75, 3.05) is 7.11 Å². The van der Waals surface area contributed by atoms with Crippen molar-refractivity contribution in [1.82, 2.24) is 9.88 Å². The van der Waals surface area contributed by atoms with Crippen molar-refractivity contribution >= 4 is 23.0 Å². The molecule has 0 saturated carbocycles. The number of ether oxygens (including phenoxy) is 1. The van der Waals surface area contributed by atoms with E-state index in [1.807, 2.05) is 0 Å². The van der Waals surface area contributed by atoms with Crippen LogP contribution in [-0.2, 0) is 31.2 Å². The summed E-state index contributed by atoms with van der Waals surface area (Å²) in [5.74, 6) is -4.48. The molecule has 0 aliphatic carbocycles. The van der Waals surface area contributed by atoms with Gasteiger partial charge in [0.25, 0.3) is 11.2 Å². The molecule has 5 rings (SSSR count). The van der Waals surface area contributed by atoms with E-state index >= 15 is 0 Å². The average molecular weight is 737 g/mol. The van der Waals surface area contributed by atoms with Gasteiger partial charge in [-0.05, 0) is 84.1 Å². The predicted octanol–water partition coefficient (Wildman–Crippen LogP) is 10.4. The zero-order valence-corrected chi connectivity index (χ0v) is 27.9. The molecule has 1 aliphatic rings. The number of aromatic nitrogens is 1. The fourth-order valence-corrected chi connectivity index (χ4v) is 6.78. The summed E-state index contributed by atoms with van der Waals surface area (Å²) >= 11 is 0.648. The van der Waals surface area contributed by atoms with Gasteiger partial charge >= 0.3 is 18.3 Å². The van der Waals surface area contributed by atoms with E-state index in [0.717, 1.165) is 17.0 Å². The van der Waals surface area contributed by atoms with Crippen LogP contribution in [-0.4, -0.2) is 38.6 Å². The second kappa shape index (κ2) is 13.7. The minimum Gasteiger partial charge on any atom is -0.496 e. The largest absolute Gasteiger partial charge is 0.496 e. The Morgan fingerprint density at radius 3 is 2.16 bits per heavy atom. The lowest BCUT2D eigenvalue weighted by Gasteiger charge is -2.22. The van der Waals surface area contributed by atoms with E-state index in [-0.39, 0.29) is 40.3 Å². The van der Waals surface area contributed by atoms with Gasteiger partial charge in [0.2, 0.25) is 0 Å². The number of carboxylic acid groups (broad SMARTS) is 1. The highest BCUT2D eigenvalue weighted by atomic mass is 32.2. The van der Waals surface area contributed by atoms with Crippen molar-refractivity contribution in [2.24, 2.45) is 0 Å². The van der Waals surface area contributed by atoms with E-state index in [2.05, 4.69) is 11.6 Å². The van der Waals surface area contributed by atoms with Crippen LogP contribution in [0.1, 0.15) is 50.9 Å². The summed E-state index contributed by atoms with van der Waals surface area (Å²) in [7, 11) is 1.35. The number of thioether (sulfide) groups is 1. The number of nitrogens with zero attached hydrogens (tertiary/aromatic N) is 2. The third-order valence-electron chi connectivity index (χ3n) is 8.28. The third kappa shape index (κ3) is 8.03. The van der Waals surface area contributed by atoms with Crippen LogP contribution in [0.15, 0.2) is 79.0 Å². The molecule has 1 saturated heterocycles.